The van der Waals surface area contributed by atoms with Gasteiger partial charge < -0.3 is 10.6 Å². The zero-order valence-corrected chi connectivity index (χ0v) is 13.2. The Hall–Kier alpha value is -2.48. The van der Waals surface area contributed by atoms with Crippen molar-refractivity contribution in [2.24, 2.45) is 0 Å². The highest BCUT2D eigenvalue weighted by Crippen LogP contribution is 2.14. The standard InChI is InChI=1S/C15H21N7O/c1-12-9-21(14(23)11-22-18-15(16)17-19-22)8-7-20(12)10-13-5-3-2-4-6-13/h2-6,12H,7-11H2,1H3,(H2,16,18). The first-order chi connectivity index (χ1) is 11.1. The van der Waals surface area contributed by atoms with Gasteiger partial charge in [-0.25, -0.2) is 0 Å². The summed E-state index contributed by atoms with van der Waals surface area (Å²) in [4.78, 5) is 17.8. The van der Waals surface area contributed by atoms with E-state index in [0.29, 0.717) is 19.1 Å². The first-order valence-electron chi connectivity index (χ1n) is 7.71. The lowest BCUT2D eigenvalue weighted by molar-refractivity contribution is -0.135. The number of hydrogen-bond donors (Lipinski definition) is 1. The van der Waals surface area contributed by atoms with Crippen molar-refractivity contribution in [3.8, 4) is 0 Å². The van der Waals surface area contributed by atoms with Gasteiger partial charge in [0.25, 0.3) is 5.95 Å². The Kier molecular flexibility index (Phi) is 4.52. The molecule has 1 aromatic heterocycles. The largest absolute Gasteiger partial charge is 0.365 e. The first-order valence-corrected chi connectivity index (χ1v) is 7.71. The molecule has 1 saturated heterocycles. The zero-order chi connectivity index (χ0) is 16.2. The number of nitrogens with zero attached hydrogens (tertiary/aromatic N) is 6. The minimum absolute atomic E-state index is 0.00592. The summed E-state index contributed by atoms with van der Waals surface area (Å²) in [6.07, 6.45) is 0. The third-order valence-corrected chi connectivity index (χ3v) is 4.09. The van der Waals surface area contributed by atoms with Crippen LogP contribution in [0.5, 0.6) is 0 Å². The monoisotopic (exact) mass is 315 g/mol. The summed E-state index contributed by atoms with van der Waals surface area (Å²) in [5.41, 5.74) is 6.70. The molecule has 3 rings (SSSR count). The molecule has 1 aliphatic rings. The average molecular weight is 315 g/mol. The van der Waals surface area contributed by atoms with Crippen molar-refractivity contribution < 1.29 is 4.79 Å². The molecule has 2 heterocycles. The number of anilines is 1. The minimum atomic E-state index is -0.00592. The number of carbonyl (C=O) groups excluding carboxylic acids is 1. The van der Waals surface area contributed by atoms with Gasteiger partial charge in [0.1, 0.15) is 6.54 Å². The molecule has 1 unspecified atom stereocenters. The molecule has 1 atom stereocenters. The molecule has 1 fully saturated rings. The maximum absolute atomic E-state index is 12.3. The van der Waals surface area contributed by atoms with Gasteiger partial charge in [-0.1, -0.05) is 35.4 Å². The number of rotatable bonds is 4. The van der Waals surface area contributed by atoms with Crippen LogP contribution >= 0.6 is 0 Å². The van der Waals surface area contributed by atoms with Gasteiger partial charge in [0, 0.05) is 32.2 Å². The molecule has 8 nitrogen and oxygen atoms in total. The van der Waals surface area contributed by atoms with Gasteiger partial charge in [-0.05, 0) is 17.7 Å². The highest BCUT2D eigenvalue weighted by molar-refractivity contribution is 5.76. The molecule has 1 amide bonds. The predicted molar refractivity (Wildman–Crippen MR) is 85.1 cm³/mol. The molecule has 1 aromatic carbocycles. The minimum Gasteiger partial charge on any atom is -0.365 e. The molecule has 1 aliphatic heterocycles. The molecule has 0 saturated carbocycles. The number of aromatic nitrogens is 4. The predicted octanol–water partition coefficient (Wildman–Crippen LogP) is -0.0118. The fraction of sp³-hybridized carbons (Fsp3) is 0.467. The van der Waals surface area contributed by atoms with Gasteiger partial charge in [0.2, 0.25) is 5.91 Å². The van der Waals surface area contributed by atoms with E-state index in [1.165, 1.54) is 10.4 Å². The average Bonchev–Trinajstić information content (AvgIpc) is 2.95. The second kappa shape index (κ2) is 6.74. The maximum Gasteiger partial charge on any atom is 0.260 e. The number of hydrogen-bond acceptors (Lipinski definition) is 6. The Morgan fingerprint density at radius 1 is 1.30 bits per heavy atom. The molecule has 8 heteroatoms. The van der Waals surface area contributed by atoms with Crippen molar-refractivity contribution in [2.75, 3.05) is 25.4 Å². The van der Waals surface area contributed by atoms with Crippen LogP contribution in [0.3, 0.4) is 0 Å². The van der Waals surface area contributed by atoms with Gasteiger partial charge >= 0.3 is 0 Å². The van der Waals surface area contributed by atoms with E-state index < -0.39 is 0 Å². The number of carbonyl (C=O) groups is 1. The molecule has 0 radical (unpaired) electrons. The van der Waals surface area contributed by atoms with Crippen LogP contribution in [0.25, 0.3) is 0 Å². The van der Waals surface area contributed by atoms with E-state index >= 15 is 0 Å². The topological polar surface area (TPSA) is 93.2 Å². The molecular weight excluding hydrogens is 294 g/mol. The van der Waals surface area contributed by atoms with E-state index in [1.807, 2.05) is 11.0 Å². The summed E-state index contributed by atoms with van der Waals surface area (Å²) >= 11 is 0. The van der Waals surface area contributed by atoms with Crippen LogP contribution < -0.4 is 5.73 Å². The van der Waals surface area contributed by atoms with Crippen molar-refractivity contribution in [1.82, 2.24) is 30.0 Å². The van der Waals surface area contributed by atoms with Gasteiger partial charge in [0.05, 0.1) is 0 Å². The summed E-state index contributed by atoms with van der Waals surface area (Å²) in [5, 5.41) is 11.2. The summed E-state index contributed by atoms with van der Waals surface area (Å²) in [6.45, 7) is 5.40. The van der Waals surface area contributed by atoms with Crippen molar-refractivity contribution in [1.29, 1.82) is 0 Å². The van der Waals surface area contributed by atoms with Crippen molar-refractivity contribution in [3.63, 3.8) is 0 Å². The lowest BCUT2D eigenvalue weighted by Crippen LogP contribution is -2.53. The van der Waals surface area contributed by atoms with Gasteiger partial charge in [-0.3, -0.25) is 9.69 Å². The van der Waals surface area contributed by atoms with Gasteiger partial charge in [0.15, 0.2) is 0 Å². The highest BCUT2D eigenvalue weighted by Gasteiger charge is 2.27. The highest BCUT2D eigenvalue weighted by atomic mass is 16.2. The van der Waals surface area contributed by atoms with E-state index in [2.05, 4.69) is 51.5 Å². The molecule has 0 aliphatic carbocycles. The van der Waals surface area contributed by atoms with Gasteiger partial charge in [-0.15, -0.1) is 5.10 Å². The zero-order valence-electron chi connectivity index (χ0n) is 13.2. The summed E-state index contributed by atoms with van der Waals surface area (Å²) in [7, 11) is 0. The lowest BCUT2D eigenvalue weighted by atomic mass is 10.1. The van der Waals surface area contributed by atoms with Crippen molar-refractivity contribution in [2.45, 2.75) is 26.1 Å². The Morgan fingerprint density at radius 2 is 2.09 bits per heavy atom. The summed E-state index contributed by atoms with van der Waals surface area (Å²) in [6, 6.07) is 10.7. The van der Waals surface area contributed by atoms with Crippen molar-refractivity contribution in [3.05, 3.63) is 35.9 Å². The normalized spacial score (nSPS) is 19.0. The van der Waals surface area contributed by atoms with Crippen LogP contribution in [0.4, 0.5) is 5.95 Å². The molecular formula is C15H21N7O. The van der Waals surface area contributed by atoms with E-state index in [0.717, 1.165) is 13.1 Å². The number of piperazine rings is 1. The Morgan fingerprint density at radius 3 is 2.74 bits per heavy atom. The SMILES string of the molecule is CC1CN(C(=O)Cn2nnc(N)n2)CCN1Cc1ccccc1. The molecule has 122 valence electrons. The van der Waals surface area contributed by atoms with Crippen LogP contribution in [0.2, 0.25) is 0 Å². The second-order valence-corrected chi connectivity index (χ2v) is 5.82. The van der Waals surface area contributed by atoms with Crippen LogP contribution in [-0.2, 0) is 17.9 Å². The smallest absolute Gasteiger partial charge is 0.260 e. The Balaban J connectivity index is 1.54. The summed E-state index contributed by atoms with van der Waals surface area (Å²) < 4.78 is 0. The second-order valence-electron chi connectivity index (χ2n) is 5.82. The first kappa shape index (κ1) is 15.4. The number of amides is 1. The number of nitrogens with two attached hydrogens (primary N) is 1. The van der Waals surface area contributed by atoms with E-state index in [1.54, 1.807) is 0 Å². The van der Waals surface area contributed by atoms with Crippen LogP contribution in [0, 0.1) is 0 Å². The van der Waals surface area contributed by atoms with E-state index in [-0.39, 0.29) is 18.4 Å². The van der Waals surface area contributed by atoms with Gasteiger partial charge in [-0.2, -0.15) is 4.80 Å². The number of benzene rings is 1. The fourth-order valence-corrected chi connectivity index (χ4v) is 2.82. The third-order valence-electron chi connectivity index (χ3n) is 4.09. The third kappa shape index (κ3) is 3.84. The molecule has 2 N–H and O–H groups in total. The molecule has 2 aromatic rings. The Labute approximate surface area is 134 Å². The number of tetrazole rings is 1. The van der Waals surface area contributed by atoms with Crippen LogP contribution in [-0.4, -0.2) is 61.6 Å². The lowest BCUT2D eigenvalue weighted by Gasteiger charge is -2.39. The summed E-state index contributed by atoms with van der Waals surface area (Å²) in [5.74, 6) is 0.0764. The maximum atomic E-state index is 12.3. The molecule has 0 bridgehead atoms. The Bertz CT molecular complexity index is 657. The quantitative estimate of drug-likeness (QED) is 0.853. The van der Waals surface area contributed by atoms with E-state index in [4.69, 9.17) is 5.73 Å². The van der Waals surface area contributed by atoms with Crippen LogP contribution in [0.15, 0.2) is 30.3 Å². The van der Waals surface area contributed by atoms with E-state index in [9.17, 15) is 4.79 Å². The van der Waals surface area contributed by atoms with Crippen LogP contribution in [0.1, 0.15) is 12.5 Å². The molecule has 23 heavy (non-hydrogen) atoms. The molecule has 0 spiro atoms. The number of nitrogen functional groups attached to an aromatic ring is 1. The van der Waals surface area contributed by atoms with Crippen molar-refractivity contribution >= 4 is 11.9 Å². The fourth-order valence-electron chi connectivity index (χ4n) is 2.82.